The summed E-state index contributed by atoms with van der Waals surface area (Å²) in [6, 6.07) is -0.337. The number of hydrogen-bond donors (Lipinski definition) is 2. The van der Waals surface area contributed by atoms with Gasteiger partial charge in [-0.25, -0.2) is 9.78 Å². The minimum absolute atomic E-state index is 0.146. The van der Waals surface area contributed by atoms with Crippen molar-refractivity contribution in [3.63, 3.8) is 0 Å². The molecular weight excluding hydrogens is 260 g/mol. The largest absolute Gasteiger partial charge is 0.460 e. The van der Waals surface area contributed by atoms with Gasteiger partial charge in [0.05, 0.1) is 13.0 Å². The third-order valence-corrected chi connectivity index (χ3v) is 2.36. The van der Waals surface area contributed by atoms with Gasteiger partial charge in [0.2, 0.25) is 0 Å². The van der Waals surface area contributed by atoms with Crippen LogP contribution in [0.1, 0.15) is 33.0 Å². The summed E-state index contributed by atoms with van der Waals surface area (Å²) in [6.45, 7) is 5.98. The van der Waals surface area contributed by atoms with E-state index in [0.717, 1.165) is 5.82 Å². The number of rotatable bonds is 5. The lowest BCUT2D eigenvalue weighted by Gasteiger charge is -2.19. The fourth-order valence-electron chi connectivity index (χ4n) is 1.46. The van der Waals surface area contributed by atoms with Gasteiger partial charge in [0.25, 0.3) is 0 Å². The average Bonchev–Trinajstić information content (AvgIpc) is 2.70. The second-order valence-corrected chi connectivity index (χ2v) is 5.40. The molecule has 0 aliphatic heterocycles. The van der Waals surface area contributed by atoms with Crippen LogP contribution in [0.5, 0.6) is 0 Å². The van der Waals surface area contributed by atoms with E-state index in [2.05, 4.69) is 15.6 Å². The Morgan fingerprint density at radius 2 is 2.05 bits per heavy atom. The number of urea groups is 1. The number of amides is 2. The summed E-state index contributed by atoms with van der Waals surface area (Å²) in [5, 5.41) is 5.26. The minimum atomic E-state index is -0.502. The molecule has 0 saturated carbocycles. The zero-order valence-electron chi connectivity index (χ0n) is 12.4. The maximum atomic E-state index is 11.5. The Hall–Kier alpha value is -2.05. The highest BCUT2D eigenvalue weighted by Gasteiger charge is 2.15. The van der Waals surface area contributed by atoms with E-state index >= 15 is 0 Å². The zero-order valence-corrected chi connectivity index (χ0v) is 12.4. The molecule has 2 amide bonds. The normalized spacial score (nSPS) is 11.0. The molecule has 20 heavy (non-hydrogen) atoms. The summed E-state index contributed by atoms with van der Waals surface area (Å²) in [5.74, 6) is 0.425. The van der Waals surface area contributed by atoms with Gasteiger partial charge in [-0.1, -0.05) is 0 Å². The second-order valence-electron chi connectivity index (χ2n) is 5.40. The summed E-state index contributed by atoms with van der Waals surface area (Å²) >= 11 is 0. The molecule has 2 N–H and O–H groups in total. The molecule has 0 atom stereocenters. The molecule has 0 saturated heterocycles. The van der Waals surface area contributed by atoms with Crippen molar-refractivity contribution in [2.24, 2.45) is 7.05 Å². The molecule has 7 heteroatoms. The summed E-state index contributed by atoms with van der Waals surface area (Å²) in [4.78, 5) is 27.0. The summed E-state index contributed by atoms with van der Waals surface area (Å²) in [7, 11) is 1.85. The molecule has 7 nitrogen and oxygen atoms in total. The lowest BCUT2D eigenvalue weighted by molar-refractivity contribution is -0.154. The van der Waals surface area contributed by atoms with Gasteiger partial charge in [0.1, 0.15) is 11.4 Å². The third kappa shape index (κ3) is 6.21. The van der Waals surface area contributed by atoms with Crippen LogP contribution in [0.25, 0.3) is 0 Å². The van der Waals surface area contributed by atoms with Gasteiger partial charge in [-0.15, -0.1) is 0 Å². The third-order valence-electron chi connectivity index (χ3n) is 2.36. The van der Waals surface area contributed by atoms with Crippen molar-refractivity contribution in [3.8, 4) is 0 Å². The van der Waals surface area contributed by atoms with Crippen LogP contribution in [0, 0.1) is 0 Å². The van der Waals surface area contributed by atoms with Crippen LogP contribution >= 0.6 is 0 Å². The molecule has 0 aromatic carbocycles. The van der Waals surface area contributed by atoms with Gasteiger partial charge in [0.15, 0.2) is 0 Å². The Morgan fingerprint density at radius 3 is 2.60 bits per heavy atom. The van der Waals surface area contributed by atoms with Crippen LogP contribution in [0.4, 0.5) is 4.79 Å². The molecule has 1 heterocycles. The topological polar surface area (TPSA) is 85.3 Å². The zero-order chi connectivity index (χ0) is 15.2. The molecule has 0 spiro atoms. The van der Waals surface area contributed by atoms with E-state index in [9.17, 15) is 9.59 Å². The number of carbonyl (C=O) groups excluding carboxylic acids is 2. The molecule has 0 aliphatic carbocycles. The van der Waals surface area contributed by atoms with E-state index < -0.39 is 5.60 Å². The summed E-state index contributed by atoms with van der Waals surface area (Å²) in [6.07, 6.45) is 3.61. The lowest BCUT2D eigenvalue weighted by Crippen LogP contribution is -2.37. The van der Waals surface area contributed by atoms with Crippen LogP contribution in [0.15, 0.2) is 12.4 Å². The maximum Gasteiger partial charge on any atom is 0.315 e. The number of nitrogens with one attached hydrogen (secondary N) is 2. The highest BCUT2D eigenvalue weighted by molar-refractivity contribution is 5.75. The highest BCUT2D eigenvalue weighted by atomic mass is 16.6. The first-order valence-corrected chi connectivity index (χ1v) is 6.47. The smallest absolute Gasteiger partial charge is 0.315 e. The number of ether oxygens (including phenoxy) is 1. The number of nitrogens with zero attached hydrogens (tertiary/aromatic N) is 2. The average molecular weight is 282 g/mol. The molecule has 112 valence electrons. The summed E-state index contributed by atoms with van der Waals surface area (Å²) in [5.41, 5.74) is -0.502. The monoisotopic (exact) mass is 282 g/mol. The van der Waals surface area contributed by atoms with Crippen LogP contribution in [-0.2, 0) is 23.1 Å². The summed E-state index contributed by atoms with van der Waals surface area (Å²) < 4.78 is 6.95. The number of carbonyl (C=O) groups is 2. The van der Waals surface area contributed by atoms with Crippen molar-refractivity contribution >= 4 is 12.0 Å². The van der Waals surface area contributed by atoms with E-state index in [-0.39, 0.29) is 25.0 Å². The molecule has 1 aromatic rings. The minimum Gasteiger partial charge on any atom is -0.460 e. The van der Waals surface area contributed by atoms with Gasteiger partial charge in [-0.3, -0.25) is 4.79 Å². The first-order chi connectivity index (χ1) is 9.28. The molecule has 1 aromatic heterocycles. The Balaban J connectivity index is 2.18. The number of esters is 1. The van der Waals surface area contributed by atoms with E-state index in [1.54, 1.807) is 33.2 Å². The number of imidazole rings is 1. The molecule has 0 aliphatic rings. The predicted molar refractivity (Wildman–Crippen MR) is 73.9 cm³/mol. The number of aryl methyl sites for hydroxylation is 1. The Bertz CT molecular complexity index is 462. The SMILES string of the molecule is Cn1ccnc1CNC(=O)NCCC(=O)OC(C)(C)C. The van der Waals surface area contributed by atoms with Crippen LogP contribution < -0.4 is 10.6 Å². The van der Waals surface area contributed by atoms with Gasteiger partial charge >= 0.3 is 12.0 Å². The fraction of sp³-hybridized carbons (Fsp3) is 0.615. The molecular formula is C13H22N4O3. The van der Waals surface area contributed by atoms with Gasteiger partial charge in [-0.2, -0.15) is 0 Å². The van der Waals surface area contributed by atoms with Crippen LogP contribution in [-0.4, -0.2) is 33.7 Å². The van der Waals surface area contributed by atoms with E-state index in [1.165, 1.54) is 0 Å². The van der Waals surface area contributed by atoms with Crippen LogP contribution in [0.3, 0.4) is 0 Å². The number of aromatic nitrogens is 2. The van der Waals surface area contributed by atoms with Gasteiger partial charge in [-0.05, 0) is 20.8 Å². The van der Waals surface area contributed by atoms with E-state index in [4.69, 9.17) is 4.74 Å². The lowest BCUT2D eigenvalue weighted by atomic mass is 10.2. The van der Waals surface area contributed by atoms with Gasteiger partial charge < -0.3 is 19.9 Å². The Kier molecular flexibility index (Phi) is 5.54. The van der Waals surface area contributed by atoms with Crippen molar-refractivity contribution in [2.45, 2.75) is 39.3 Å². The van der Waals surface area contributed by atoms with Crippen molar-refractivity contribution in [2.75, 3.05) is 6.54 Å². The highest BCUT2D eigenvalue weighted by Crippen LogP contribution is 2.07. The van der Waals surface area contributed by atoms with Crippen molar-refractivity contribution in [1.29, 1.82) is 0 Å². The van der Waals surface area contributed by atoms with Crippen molar-refractivity contribution in [1.82, 2.24) is 20.2 Å². The van der Waals surface area contributed by atoms with Gasteiger partial charge in [0, 0.05) is 26.0 Å². The van der Waals surface area contributed by atoms with E-state index in [0.29, 0.717) is 6.54 Å². The molecule has 0 unspecified atom stereocenters. The fourth-order valence-corrected chi connectivity index (χ4v) is 1.46. The number of hydrogen-bond acceptors (Lipinski definition) is 4. The first-order valence-electron chi connectivity index (χ1n) is 6.47. The predicted octanol–water partition coefficient (Wildman–Crippen LogP) is 0.951. The maximum absolute atomic E-state index is 11.5. The molecule has 0 bridgehead atoms. The standard InChI is InChI=1S/C13H22N4O3/c1-13(2,3)20-11(18)5-6-15-12(19)16-9-10-14-7-8-17(10)4/h7-8H,5-6,9H2,1-4H3,(H2,15,16,19). The Labute approximate surface area is 118 Å². The first kappa shape index (κ1) is 16.0. The second kappa shape index (κ2) is 6.93. The Morgan fingerprint density at radius 1 is 1.35 bits per heavy atom. The molecule has 0 fully saturated rings. The van der Waals surface area contributed by atoms with Crippen LogP contribution in [0.2, 0.25) is 0 Å². The van der Waals surface area contributed by atoms with Crippen molar-refractivity contribution in [3.05, 3.63) is 18.2 Å². The quantitative estimate of drug-likeness (QED) is 0.787. The molecule has 1 rings (SSSR count). The van der Waals surface area contributed by atoms with Crippen molar-refractivity contribution < 1.29 is 14.3 Å². The molecule has 0 radical (unpaired) electrons. The van der Waals surface area contributed by atoms with E-state index in [1.807, 2.05) is 11.6 Å².